The molecule has 1 unspecified atom stereocenters. The number of carbonyl (C=O) groups excluding carboxylic acids is 2. The van der Waals surface area contributed by atoms with Crippen molar-refractivity contribution >= 4 is 35.0 Å². The van der Waals surface area contributed by atoms with Crippen LogP contribution < -0.4 is 15.0 Å². The third-order valence-electron chi connectivity index (χ3n) is 5.21. The van der Waals surface area contributed by atoms with Gasteiger partial charge in [-0.05, 0) is 47.9 Å². The summed E-state index contributed by atoms with van der Waals surface area (Å²) in [5, 5.41) is 2.77. The number of para-hydroxylation sites is 2. The molecule has 1 aliphatic rings. The van der Waals surface area contributed by atoms with E-state index in [1.165, 1.54) is 5.56 Å². The summed E-state index contributed by atoms with van der Waals surface area (Å²) in [6.45, 7) is 2.07. The third-order valence-corrected chi connectivity index (χ3v) is 6.42. The molecule has 6 heteroatoms. The van der Waals surface area contributed by atoms with Gasteiger partial charge in [-0.25, -0.2) is 0 Å². The molecular formula is C26H26N2O3S. The summed E-state index contributed by atoms with van der Waals surface area (Å²) in [4.78, 5) is 27.1. The predicted molar refractivity (Wildman–Crippen MR) is 130 cm³/mol. The molecule has 4 rings (SSSR count). The minimum Gasteiger partial charge on any atom is -0.484 e. The first-order valence-electron chi connectivity index (χ1n) is 10.7. The molecule has 0 bridgehead atoms. The SMILES string of the molecule is CCCc1ccccc1N1C(=O)CSC1c1cccc(NC(=O)COc2ccccc2)c1. The van der Waals surface area contributed by atoms with Gasteiger partial charge in [-0.3, -0.25) is 14.5 Å². The number of carbonyl (C=O) groups is 2. The maximum Gasteiger partial charge on any atom is 0.262 e. The number of benzene rings is 3. The zero-order chi connectivity index (χ0) is 22.3. The summed E-state index contributed by atoms with van der Waals surface area (Å²) >= 11 is 1.61. The summed E-state index contributed by atoms with van der Waals surface area (Å²) in [5.74, 6) is 0.964. The van der Waals surface area contributed by atoms with Crippen molar-refractivity contribution in [3.05, 3.63) is 90.0 Å². The highest BCUT2D eigenvalue weighted by atomic mass is 32.2. The monoisotopic (exact) mass is 446 g/mol. The standard InChI is InChI=1S/C26H26N2O3S/c1-2-9-19-10-6-7-15-23(19)28-25(30)18-32-26(28)20-11-8-12-21(16-20)27-24(29)17-31-22-13-4-3-5-14-22/h3-8,10-16,26H,2,9,17-18H2,1H3,(H,27,29). The van der Waals surface area contributed by atoms with E-state index >= 15 is 0 Å². The molecule has 3 aromatic rings. The second-order valence-electron chi connectivity index (χ2n) is 7.58. The Morgan fingerprint density at radius 1 is 1.06 bits per heavy atom. The van der Waals surface area contributed by atoms with Crippen molar-refractivity contribution in [2.45, 2.75) is 25.1 Å². The summed E-state index contributed by atoms with van der Waals surface area (Å²) < 4.78 is 5.53. The molecule has 1 aliphatic heterocycles. The molecule has 0 spiro atoms. The Kier molecular flexibility index (Phi) is 7.12. The fourth-order valence-corrected chi connectivity index (χ4v) is 4.95. The smallest absolute Gasteiger partial charge is 0.262 e. The van der Waals surface area contributed by atoms with Gasteiger partial charge in [-0.2, -0.15) is 0 Å². The van der Waals surface area contributed by atoms with E-state index in [4.69, 9.17) is 4.74 Å². The minimum atomic E-state index is -0.230. The molecule has 32 heavy (non-hydrogen) atoms. The number of amides is 2. The van der Waals surface area contributed by atoms with Crippen LogP contribution in [0.1, 0.15) is 29.8 Å². The summed E-state index contributed by atoms with van der Waals surface area (Å²) in [6, 6.07) is 25.1. The van der Waals surface area contributed by atoms with E-state index in [9.17, 15) is 9.59 Å². The van der Waals surface area contributed by atoms with Crippen molar-refractivity contribution in [3.63, 3.8) is 0 Å². The highest BCUT2D eigenvalue weighted by molar-refractivity contribution is 8.00. The highest BCUT2D eigenvalue weighted by Gasteiger charge is 2.35. The van der Waals surface area contributed by atoms with Crippen LogP contribution >= 0.6 is 11.8 Å². The number of ether oxygens (including phenoxy) is 1. The number of nitrogens with one attached hydrogen (secondary N) is 1. The van der Waals surface area contributed by atoms with Gasteiger partial charge in [0.05, 0.1) is 5.75 Å². The van der Waals surface area contributed by atoms with Gasteiger partial charge in [0.2, 0.25) is 5.91 Å². The molecule has 3 aromatic carbocycles. The summed E-state index contributed by atoms with van der Waals surface area (Å²) in [6.07, 6.45) is 1.94. The summed E-state index contributed by atoms with van der Waals surface area (Å²) in [5.41, 5.74) is 3.82. The third kappa shape index (κ3) is 5.14. The van der Waals surface area contributed by atoms with Crippen molar-refractivity contribution < 1.29 is 14.3 Å². The Labute approximate surface area is 192 Å². The van der Waals surface area contributed by atoms with Gasteiger partial charge in [0.25, 0.3) is 5.91 Å². The van der Waals surface area contributed by atoms with E-state index in [1.807, 2.05) is 77.7 Å². The first-order valence-corrected chi connectivity index (χ1v) is 11.8. The van der Waals surface area contributed by atoms with Crippen LogP contribution in [0.4, 0.5) is 11.4 Å². The molecule has 1 saturated heterocycles. The Morgan fingerprint density at radius 3 is 2.66 bits per heavy atom. The molecule has 1 N–H and O–H groups in total. The average Bonchev–Trinajstić information content (AvgIpc) is 3.20. The van der Waals surface area contributed by atoms with Crippen LogP contribution in [0, 0.1) is 0 Å². The van der Waals surface area contributed by atoms with Crippen molar-refractivity contribution in [1.82, 2.24) is 0 Å². The van der Waals surface area contributed by atoms with Crippen molar-refractivity contribution in [2.75, 3.05) is 22.6 Å². The molecule has 5 nitrogen and oxygen atoms in total. The van der Waals surface area contributed by atoms with Crippen LogP contribution in [0.2, 0.25) is 0 Å². The van der Waals surface area contributed by atoms with Gasteiger partial charge in [0.15, 0.2) is 6.61 Å². The molecule has 0 radical (unpaired) electrons. The van der Waals surface area contributed by atoms with Crippen LogP contribution in [0.15, 0.2) is 78.9 Å². The Balaban J connectivity index is 1.49. The number of anilines is 2. The van der Waals surface area contributed by atoms with Gasteiger partial charge in [0.1, 0.15) is 11.1 Å². The largest absolute Gasteiger partial charge is 0.484 e. The lowest BCUT2D eigenvalue weighted by Gasteiger charge is -2.27. The lowest BCUT2D eigenvalue weighted by Crippen LogP contribution is -2.29. The lowest BCUT2D eigenvalue weighted by molar-refractivity contribution is -0.118. The lowest BCUT2D eigenvalue weighted by atomic mass is 10.1. The molecule has 0 aliphatic carbocycles. The van der Waals surface area contributed by atoms with Gasteiger partial charge in [-0.15, -0.1) is 11.8 Å². The van der Waals surface area contributed by atoms with E-state index < -0.39 is 0 Å². The maximum absolute atomic E-state index is 12.8. The molecule has 2 amide bonds. The highest BCUT2D eigenvalue weighted by Crippen LogP contribution is 2.43. The molecule has 1 fully saturated rings. The molecule has 0 saturated carbocycles. The molecule has 1 heterocycles. The molecule has 164 valence electrons. The van der Waals surface area contributed by atoms with E-state index in [0.29, 0.717) is 17.2 Å². The number of hydrogen-bond acceptors (Lipinski definition) is 4. The first-order chi connectivity index (χ1) is 15.7. The molecule has 0 aromatic heterocycles. The number of nitrogens with zero attached hydrogens (tertiary/aromatic N) is 1. The number of hydrogen-bond donors (Lipinski definition) is 1. The van der Waals surface area contributed by atoms with Crippen LogP contribution in [0.5, 0.6) is 5.75 Å². The van der Waals surface area contributed by atoms with Gasteiger partial charge < -0.3 is 10.1 Å². The van der Waals surface area contributed by atoms with Gasteiger partial charge >= 0.3 is 0 Å². The Hall–Kier alpha value is -3.25. The van der Waals surface area contributed by atoms with Crippen molar-refractivity contribution in [3.8, 4) is 5.75 Å². The molecule has 1 atom stereocenters. The Bertz CT molecular complexity index is 1090. The van der Waals surface area contributed by atoms with E-state index in [0.717, 1.165) is 24.1 Å². The van der Waals surface area contributed by atoms with Crippen LogP contribution in [-0.4, -0.2) is 24.2 Å². The summed E-state index contributed by atoms with van der Waals surface area (Å²) in [7, 11) is 0. The quantitative estimate of drug-likeness (QED) is 0.501. The maximum atomic E-state index is 12.8. The first kappa shape index (κ1) is 22.0. The molecular weight excluding hydrogens is 420 g/mol. The zero-order valence-corrected chi connectivity index (χ0v) is 18.8. The average molecular weight is 447 g/mol. The number of rotatable bonds is 8. The van der Waals surface area contributed by atoms with Gasteiger partial charge in [0, 0.05) is 11.4 Å². The van der Waals surface area contributed by atoms with E-state index in [1.54, 1.807) is 11.8 Å². The number of thioether (sulfide) groups is 1. The van der Waals surface area contributed by atoms with E-state index in [-0.39, 0.29) is 23.8 Å². The normalized spacial score (nSPS) is 15.6. The fraction of sp³-hybridized carbons (Fsp3) is 0.231. The second-order valence-corrected chi connectivity index (χ2v) is 8.65. The van der Waals surface area contributed by atoms with Crippen LogP contribution in [0.3, 0.4) is 0 Å². The predicted octanol–water partition coefficient (Wildman–Crippen LogP) is 5.44. The zero-order valence-electron chi connectivity index (χ0n) is 18.0. The van der Waals surface area contributed by atoms with E-state index in [2.05, 4.69) is 18.3 Å². The topological polar surface area (TPSA) is 58.6 Å². The van der Waals surface area contributed by atoms with Gasteiger partial charge in [-0.1, -0.05) is 61.9 Å². The van der Waals surface area contributed by atoms with Crippen molar-refractivity contribution in [2.24, 2.45) is 0 Å². The van der Waals surface area contributed by atoms with Crippen molar-refractivity contribution in [1.29, 1.82) is 0 Å². The second kappa shape index (κ2) is 10.4. The minimum absolute atomic E-state index is 0.0680. The van der Waals surface area contributed by atoms with Crippen LogP contribution in [0.25, 0.3) is 0 Å². The van der Waals surface area contributed by atoms with Crippen LogP contribution in [-0.2, 0) is 16.0 Å². The number of aryl methyl sites for hydroxylation is 1. The fourth-order valence-electron chi connectivity index (χ4n) is 3.79. The Morgan fingerprint density at radius 2 is 1.84 bits per heavy atom.